The van der Waals surface area contributed by atoms with Gasteiger partial charge in [-0.2, -0.15) is 9.78 Å². The second-order valence-electron chi connectivity index (χ2n) is 7.90. The maximum absolute atomic E-state index is 13.4. The highest BCUT2D eigenvalue weighted by atomic mass is 79.9. The molecule has 0 unspecified atom stereocenters. The van der Waals surface area contributed by atoms with E-state index in [1.165, 1.54) is 4.68 Å². The van der Waals surface area contributed by atoms with Gasteiger partial charge in [0.1, 0.15) is 18.2 Å². The quantitative estimate of drug-likeness (QED) is 0.205. The SMILES string of the molecule is CC[C@H](C)c1nc2ccc(Br)cc2c(=O)n1N=Cc1cc(Br)ccc1OCc1ccc(Cl)cc1. The van der Waals surface area contributed by atoms with E-state index in [1.807, 2.05) is 61.5 Å². The zero-order valence-corrected chi connectivity index (χ0v) is 22.6. The number of ether oxygens (including phenoxy) is 1. The molecule has 0 amide bonds. The van der Waals surface area contributed by atoms with Gasteiger partial charge in [0.15, 0.2) is 0 Å². The molecule has 0 saturated heterocycles. The molecular formula is C26H22Br2ClN3O2. The first-order valence-corrected chi connectivity index (χ1v) is 12.8. The van der Waals surface area contributed by atoms with Crippen LogP contribution < -0.4 is 10.3 Å². The Morgan fingerprint density at radius 1 is 1.09 bits per heavy atom. The van der Waals surface area contributed by atoms with Gasteiger partial charge in [0, 0.05) is 25.4 Å². The second kappa shape index (κ2) is 10.8. The molecule has 0 aliphatic carbocycles. The number of hydrogen-bond acceptors (Lipinski definition) is 4. The fourth-order valence-corrected chi connectivity index (χ4v) is 4.26. The van der Waals surface area contributed by atoms with E-state index in [2.05, 4.69) is 43.9 Å². The van der Waals surface area contributed by atoms with E-state index in [-0.39, 0.29) is 11.5 Å². The summed E-state index contributed by atoms with van der Waals surface area (Å²) >= 11 is 12.9. The summed E-state index contributed by atoms with van der Waals surface area (Å²) in [5.74, 6) is 1.33. The third kappa shape index (κ3) is 5.59. The fraction of sp³-hybridized carbons (Fsp3) is 0.192. The van der Waals surface area contributed by atoms with Gasteiger partial charge in [-0.3, -0.25) is 4.79 Å². The van der Waals surface area contributed by atoms with Crippen LogP contribution in [0.2, 0.25) is 5.02 Å². The van der Waals surface area contributed by atoms with Gasteiger partial charge in [0.25, 0.3) is 5.56 Å². The molecule has 4 rings (SSSR count). The van der Waals surface area contributed by atoms with Gasteiger partial charge in [-0.25, -0.2) is 4.98 Å². The summed E-state index contributed by atoms with van der Waals surface area (Å²) in [6.45, 7) is 4.48. The summed E-state index contributed by atoms with van der Waals surface area (Å²) in [5.41, 5.74) is 2.18. The van der Waals surface area contributed by atoms with Crippen LogP contribution >= 0.6 is 43.5 Å². The van der Waals surface area contributed by atoms with Crippen molar-refractivity contribution in [2.75, 3.05) is 0 Å². The van der Waals surface area contributed by atoms with Gasteiger partial charge < -0.3 is 4.74 Å². The van der Waals surface area contributed by atoms with Crippen molar-refractivity contribution in [3.8, 4) is 5.75 Å². The Labute approximate surface area is 219 Å². The van der Waals surface area contributed by atoms with Crippen molar-refractivity contribution in [3.63, 3.8) is 0 Å². The van der Waals surface area contributed by atoms with Crippen molar-refractivity contribution in [1.29, 1.82) is 0 Å². The number of nitrogens with zero attached hydrogens (tertiary/aromatic N) is 3. The van der Waals surface area contributed by atoms with E-state index in [4.69, 9.17) is 21.3 Å². The van der Waals surface area contributed by atoms with Gasteiger partial charge >= 0.3 is 0 Å². The molecule has 1 aromatic heterocycles. The minimum atomic E-state index is -0.212. The molecule has 174 valence electrons. The lowest BCUT2D eigenvalue weighted by molar-refractivity contribution is 0.305. The number of fused-ring (bicyclic) bond motifs is 1. The maximum Gasteiger partial charge on any atom is 0.282 e. The van der Waals surface area contributed by atoms with Crippen LogP contribution in [0.4, 0.5) is 0 Å². The summed E-state index contributed by atoms with van der Waals surface area (Å²) in [4.78, 5) is 18.1. The van der Waals surface area contributed by atoms with E-state index in [9.17, 15) is 4.79 Å². The predicted octanol–water partition coefficient (Wildman–Crippen LogP) is 7.55. The average Bonchev–Trinajstić information content (AvgIpc) is 2.83. The molecule has 0 aliphatic heterocycles. The molecule has 5 nitrogen and oxygen atoms in total. The Kier molecular flexibility index (Phi) is 7.86. The van der Waals surface area contributed by atoms with E-state index in [0.717, 1.165) is 26.5 Å². The van der Waals surface area contributed by atoms with Crippen LogP contribution in [0.15, 0.2) is 79.5 Å². The van der Waals surface area contributed by atoms with E-state index < -0.39 is 0 Å². The maximum atomic E-state index is 13.4. The Bertz CT molecular complexity index is 1420. The fourth-order valence-electron chi connectivity index (χ4n) is 3.39. The lowest BCUT2D eigenvalue weighted by Gasteiger charge is -2.14. The summed E-state index contributed by atoms with van der Waals surface area (Å²) in [6, 6.07) is 18.7. The van der Waals surface area contributed by atoms with Crippen LogP contribution in [0.5, 0.6) is 5.75 Å². The number of aromatic nitrogens is 2. The zero-order chi connectivity index (χ0) is 24.2. The zero-order valence-electron chi connectivity index (χ0n) is 18.6. The van der Waals surface area contributed by atoms with Crippen molar-refractivity contribution in [3.05, 3.63) is 102 Å². The lowest BCUT2D eigenvalue weighted by atomic mass is 10.1. The molecular weight excluding hydrogens is 582 g/mol. The summed E-state index contributed by atoms with van der Waals surface area (Å²) in [5, 5.41) is 5.76. The van der Waals surface area contributed by atoms with Gasteiger partial charge in [0.05, 0.1) is 17.1 Å². The molecule has 4 aromatic rings. The first-order chi connectivity index (χ1) is 16.4. The highest BCUT2D eigenvalue weighted by molar-refractivity contribution is 9.10. The van der Waals surface area contributed by atoms with Gasteiger partial charge in [-0.1, -0.05) is 69.4 Å². The molecule has 8 heteroatoms. The van der Waals surface area contributed by atoms with Crippen LogP contribution in [0.25, 0.3) is 10.9 Å². The third-order valence-electron chi connectivity index (χ3n) is 5.48. The number of hydrogen-bond donors (Lipinski definition) is 0. The smallest absolute Gasteiger partial charge is 0.282 e. The molecule has 0 fully saturated rings. The normalized spacial score (nSPS) is 12.4. The third-order valence-corrected chi connectivity index (χ3v) is 6.72. The number of halogens is 3. The van der Waals surface area contributed by atoms with Crippen LogP contribution in [0, 0.1) is 0 Å². The summed E-state index contributed by atoms with van der Waals surface area (Å²) in [6.07, 6.45) is 2.47. The Balaban J connectivity index is 1.73. The molecule has 0 bridgehead atoms. The standard InChI is InChI=1S/C26H22Br2ClN3O2/c1-3-16(2)25-31-23-10-6-20(28)13-22(23)26(33)32(25)30-14-18-12-19(27)7-11-24(18)34-15-17-4-8-21(29)9-5-17/h4-14,16H,3,15H2,1-2H3/t16-/m0/s1. The minimum absolute atomic E-state index is 0.0565. The lowest BCUT2D eigenvalue weighted by Crippen LogP contribution is -2.23. The molecule has 3 aromatic carbocycles. The predicted molar refractivity (Wildman–Crippen MR) is 145 cm³/mol. The summed E-state index contributed by atoms with van der Waals surface area (Å²) in [7, 11) is 0. The topological polar surface area (TPSA) is 56.5 Å². The van der Waals surface area contributed by atoms with Crippen LogP contribution in [0.1, 0.15) is 43.1 Å². The summed E-state index contributed by atoms with van der Waals surface area (Å²) < 4.78 is 9.15. The molecule has 0 N–H and O–H groups in total. The minimum Gasteiger partial charge on any atom is -0.488 e. The molecule has 1 atom stereocenters. The van der Waals surface area contributed by atoms with Crippen molar-refractivity contribution in [2.45, 2.75) is 32.8 Å². The highest BCUT2D eigenvalue weighted by Crippen LogP contribution is 2.24. The monoisotopic (exact) mass is 601 g/mol. The first kappa shape index (κ1) is 24.6. The van der Waals surface area contributed by atoms with E-state index in [1.54, 1.807) is 12.3 Å². The molecule has 0 radical (unpaired) electrons. The Morgan fingerprint density at radius 3 is 2.53 bits per heavy atom. The van der Waals surface area contributed by atoms with Crippen LogP contribution in [0.3, 0.4) is 0 Å². The average molecular weight is 604 g/mol. The van der Waals surface area contributed by atoms with Crippen LogP contribution in [-0.2, 0) is 6.61 Å². The van der Waals surface area contributed by atoms with Gasteiger partial charge in [0.2, 0.25) is 0 Å². The number of rotatable bonds is 7. The van der Waals surface area contributed by atoms with Gasteiger partial charge in [-0.15, -0.1) is 0 Å². The van der Waals surface area contributed by atoms with Gasteiger partial charge in [-0.05, 0) is 60.5 Å². The Hall–Kier alpha value is -2.48. The largest absolute Gasteiger partial charge is 0.488 e. The Morgan fingerprint density at radius 2 is 1.79 bits per heavy atom. The molecule has 0 spiro atoms. The van der Waals surface area contributed by atoms with Crippen LogP contribution in [-0.4, -0.2) is 15.9 Å². The second-order valence-corrected chi connectivity index (χ2v) is 10.2. The molecule has 1 heterocycles. The van der Waals surface area contributed by atoms with E-state index >= 15 is 0 Å². The van der Waals surface area contributed by atoms with Crippen molar-refractivity contribution < 1.29 is 4.74 Å². The van der Waals surface area contributed by atoms with Crippen molar-refractivity contribution >= 4 is 60.6 Å². The molecule has 0 aliphatic rings. The van der Waals surface area contributed by atoms with Crippen molar-refractivity contribution in [1.82, 2.24) is 9.66 Å². The molecule has 34 heavy (non-hydrogen) atoms. The highest BCUT2D eigenvalue weighted by Gasteiger charge is 2.16. The first-order valence-electron chi connectivity index (χ1n) is 10.8. The number of benzene rings is 3. The van der Waals surface area contributed by atoms with Crippen molar-refractivity contribution in [2.24, 2.45) is 5.10 Å². The van der Waals surface area contributed by atoms with E-state index in [0.29, 0.717) is 34.1 Å². The molecule has 0 saturated carbocycles.